The van der Waals surface area contributed by atoms with Gasteiger partial charge in [-0.2, -0.15) is 18.3 Å². The number of aryl methyl sites for hydroxylation is 1. The van der Waals surface area contributed by atoms with Crippen LogP contribution in [-0.2, 0) is 17.4 Å². The van der Waals surface area contributed by atoms with Crippen molar-refractivity contribution in [2.75, 3.05) is 0 Å². The average molecular weight is 234 g/mol. The number of alkyl halides is 3. The summed E-state index contributed by atoms with van der Waals surface area (Å²) in [5, 5.41) is 14.4. The van der Waals surface area contributed by atoms with Gasteiger partial charge in [0.25, 0.3) is 0 Å². The van der Waals surface area contributed by atoms with E-state index in [2.05, 4.69) is 10.2 Å². The van der Waals surface area contributed by atoms with Crippen molar-refractivity contribution in [1.82, 2.24) is 10.2 Å². The van der Waals surface area contributed by atoms with Gasteiger partial charge < -0.3 is 5.11 Å². The van der Waals surface area contributed by atoms with E-state index in [0.717, 1.165) is 0 Å². The minimum Gasteiger partial charge on any atom is -0.481 e. The highest BCUT2D eigenvalue weighted by molar-refractivity contribution is 5.77. The zero-order valence-electron chi connectivity index (χ0n) is 8.14. The van der Waals surface area contributed by atoms with Gasteiger partial charge >= 0.3 is 12.1 Å². The van der Waals surface area contributed by atoms with Gasteiger partial charge in [0.05, 0.1) is 5.92 Å². The summed E-state index contributed by atoms with van der Waals surface area (Å²) in [7, 11) is 0. The highest BCUT2D eigenvalue weighted by Gasteiger charge is 2.42. The lowest BCUT2D eigenvalue weighted by Crippen LogP contribution is -2.21. The number of aromatic amines is 1. The maximum atomic E-state index is 12.6. The quantitative estimate of drug-likeness (QED) is 0.780. The predicted octanol–water partition coefficient (Wildman–Crippen LogP) is 1.93. The van der Waals surface area contributed by atoms with Crippen LogP contribution in [-0.4, -0.2) is 21.3 Å². The molecule has 2 N–H and O–H groups in total. The van der Waals surface area contributed by atoms with E-state index in [9.17, 15) is 18.0 Å². The predicted molar refractivity (Wildman–Crippen MR) is 46.9 cm³/mol. The second-order valence-electron chi connectivity index (χ2n) is 3.75. The minimum atomic E-state index is -4.60. The highest BCUT2D eigenvalue weighted by Crippen LogP contribution is 2.40. The van der Waals surface area contributed by atoms with E-state index >= 15 is 0 Å². The fraction of sp³-hybridized carbons (Fsp3) is 0.556. The third-order valence-corrected chi connectivity index (χ3v) is 2.72. The number of carboxylic acid groups (broad SMARTS) is 1. The molecule has 0 saturated carbocycles. The summed E-state index contributed by atoms with van der Waals surface area (Å²) in [5.74, 6) is -2.33. The second-order valence-corrected chi connectivity index (χ2v) is 3.75. The van der Waals surface area contributed by atoms with Crippen LogP contribution in [0.4, 0.5) is 13.2 Å². The number of carbonyl (C=O) groups is 1. The molecule has 16 heavy (non-hydrogen) atoms. The molecule has 1 heterocycles. The molecule has 1 aromatic heterocycles. The molecular formula is C9H9F3N2O2. The van der Waals surface area contributed by atoms with Crippen LogP contribution in [0.2, 0.25) is 0 Å². The first-order chi connectivity index (χ1) is 7.41. The maximum absolute atomic E-state index is 12.6. The van der Waals surface area contributed by atoms with Gasteiger partial charge in [-0.3, -0.25) is 9.89 Å². The summed E-state index contributed by atoms with van der Waals surface area (Å²) in [6, 6.07) is 0. The van der Waals surface area contributed by atoms with Crippen LogP contribution in [0.25, 0.3) is 0 Å². The Morgan fingerprint density at radius 1 is 1.50 bits per heavy atom. The van der Waals surface area contributed by atoms with Crippen LogP contribution in [0.15, 0.2) is 0 Å². The topological polar surface area (TPSA) is 66.0 Å². The molecule has 0 bridgehead atoms. The fourth-order valence-electron chi connectivity index (χ4n) is 2.04. The van der Waals surface area contributed by atoms with Crippen molar-refractivity contribution in [2.24, 2.45) is 0 Å². The SMILES string of the molecule is O=C(O)[C@H]1CCCc2[nH]nc(C(F)(F)F)c21. The number of halogens is 3. The Morgan fingerprint density at radius 3 is 2.75 bits per heavy atom. The number of nitrogens with zero attached hydrogens (tertiary/aromatic N) is 1. The summed E-state index contributed by atoms with van der Waals surface area (Å²) >= 11 is 0. The molecule has 7 heteroatoms. The molecule has 1 aromatic rings. The lowest BCUT2D eigenvalue weighted by atomic mass is 9.85. The molecule has 0 amide bonds. The molecule has 0 fully saturated rings. The van der Waals surface area contributed by atoms with Gasteiger partial charge in [0.1, 0.15) is 0 Å². The molecule has 88 valence electrons. The van der Waals surface area contributed by atoms with E-state index in [0.29, 0.717) is 18.5 Å². The first kappa shape index (κ1) is 11.0. The summed E-state index contributed by atoms with van der Waals surface area (Å²) in [4.78, 5) is 10.9. The molecule has 2 rings (SSSR count). The zero-order chi connectivity index (χ0) is 11.9. The number of fused-ring (bicyclic) bond motifs is 1. The average Bonchev–Trinajstić information content (AvgIpc) is 2.59. The van der Waals surface area contributed by atoms with E-state index in [1.54, 1.807) is 0 Å². The first-order valence-corrected chi connectivity index (χ1v) is 4.78. The van der Waals surface area contributed by atoms with E-state index in [-0.39, 0.29) is 12.0 Å². The molecule has 0 saturated heterocycles. The Kier molecular flexibility index (Phi) is 2.40. The number of hydrogen-bond acceptors (Lipinski definition) is 2. The Hall–Kier alpha value is -1.53. The highest BCUT2D eigenvalue weighted by atomic mass is 19.4. The second kappa shape index (κ2) is 3.50. The number of aromatic nitrogens is 2. The number of nitrogens with one attached hydrogen (secondary N) is 1. The van der Waals surface area contributed by atoms with Gasteiger partial charge in [0.15, 0.2) is 5.69 Å². The van der Waals surface area contributed by atoms with Gasteiger partial charge in [0.2, 0.25) is 0 Å². The van der Waals surface area contributed by atoms with Gasteiger partial charge in [-0.1, -0.05) is 0 Å². The molecule has 1 aliphatic carbocycles. The maximum Gasteiger partial charge on any atom is 0.435 e. The van der Waals surface area contributed by atoms with Crippen molar-refractivity contribution >= 4 is 5.97 Å². The van der Waals surface area contributed by atoms with Gasteiger partial charge in [-0.05, 0) is 19.3 Å². The number of H-pyrrole nitrogens is 1. The largest absolute Gasteiger partial charge is 0.481 e. The normalized spacial score (nSPS) is 20.6. The molecule has 0 radical (unpaired) electrons. The lowest BCUT2D eigenvalue weighted by molar-refractivity contribution is -0.143. The third kappa shape index (κ3) is 1.66. The van der Waals surface area contributed by atoms with Crippen molar-refractivity contribution in [3.8, 4) is 0 Å². The summed E-state index contributed by atoms with van der Waals surface area (Å²) in [6.45, 7) is 0. The van der Waals surface area contributed by atoms with Crippen molar-refractivity contribution in [3.63, 3.8) is 0 Å². The zero-order valence-corrected chi connectivity index (χ0v) is 8.14. The Labute approximate surface area is 88.5 Å². The summed E-state index contributed by atoms with van der Waals surface area (Å²) in [5.41, 5.74) is -0.980. The molecular weight excluding hydrogens is 225 g/mol. The Morgan fingerprint density at radius 2 is 2.19 bits per heavy atom. The molecule has 1 atom stereocenters. The molecule has 0 spiro atoms. The van der Waals surface area contributed by atoms with E-state index in [1.165, 1.54) is 0 Å². The van der Waals surface area contributed by atoms with Crippen LogP contribution < -0.4 is 0 Å². The monoisotopic (exact) mass is 234 g/mol. The van der Waals surface area contributed by atoms with Crippen molar-refractivity contribution in [1.29, 1.82) is 0 Å². The summed E-state index contributed by atoms with van der Waals surface area (Å²) in [6.07, 6.45) is -3.40. The fourth-order valence-corrected chi connectivity index (χ4v) is 2.04. The molecule has 0 aromatic carbocycles. The van der Waals surface area contributed by atoms with Crippen LogP contribution in [0, 0.1) is 0 Å². The van der Waals surface area contributed by atoms with Crippen LogP contribution in [0.1, 0.15) is 35.7 Å². The summed E-state index contributed by atoms with van der Waals surface area (Å²) < 4.78 is 37.7. The number of carboxylic acids is 1. The van der Waals surface area contributed by atoms with Gasteiger partial charge in [0, 0.05) is 11.3 Å². The molecule has 0 aliphatic heterocycles. The van der Waals surface area contributed by atoms with Crippen molar-refractivity contribution in [2.45, 2.75) is 31.4 Å². The van der Waals surface area contributed by atoms with E-state index in [1.807, 2.05) is 0 Å². The molecule has 0 unspecified atom stereocenters. The van der Waals surface area contributed by atoms with E-state index in [4.69, 9.17) is 5.11 Å². The Bertz CT molecular complexity index is 425. The first-order valence-electron chi connectivity index (χ1n) is 4.78. The van der Waals surface area contributed by atoms with Crippen molar-refractivity contribution < 1.29 is 23.1 Å². The number of rotatable bonds is 1. The van der Waals surface area contributed by atoms with Crippen LogP contribution >= 0.6 is 0 Å². The lowest BCUT2D eigenvalue weighted by Gasteiger charge is -2.19. The number of aliphatic carboxylic acids is 1. The third-order valence-electron chi connectivity index (χ3n) is 2.72. The van der Waals surface area contributed by atoms with Crippen LogP contribution in [0.5, 0.6) is 0 Å². The van der Waals surface area contributed by atoms with Gasteiger partial charge in [-0.25, -0.2) is 0 Å². The Balaban J connectivity index is 2.52. The van der Waals surface area contributed by atoms with Crippen LogP contribution in [0.3, 0.4) is 0 Å². The van der Waals surface area contributed by atoms with E-state index < -0.39 is 23.8 Å². The smallest absolute Gasteiger partial charge is 0.435 e. The minimum absolute atomic E-state index is 0.189. The number of hydrogen-bond donors (Lipinski definition) is 2. The van der Waals surface area contributed by atoms with Crippen molar-refractivity contribution in [3.05, 3.63) is 17.0 Å². The standard InChI is InChI=1S/C9H9F3N2O2/c10-9(11,12)7-6-4(8(15)16)2-1-3-5(6)13-14-7/h4H,1-3H2,(H,13,14)(H,15,16)/t4-/m0/s1. The molecule has 1 aliphatic rings. The molecule has 4 nitrogen and oxygen atoms in total. The van der Waals surface area contributed by atoms with Gasteiger partial charge in [-0.15, -0.1) is 0 Å².